The summed E-state index contributed by atoms with van der Waals surface area (Å²) in [7, 11) is 3.19. The van der Waals surface area contributed by atoms with Crippen LogP contribution in [0, 0.1) is 0 Å². The van der Waals surface area contributed by atoms with Crippen molar-refractivity contribution < 1.29 is 23.9 Å². The number of rotatable bonds is 6. The van der Waals surface area contributed by atoms with Crippen LogP contribution >= 0.6 is 11.8 Å². The van der Waals surface area contributed by atoms with Gasteiger partial charge in [0.1, 0.15) is 11.0 Å². The van der Waals surface area contributed by atoms with E-state index in [0.717, 1.165) is 0 Å². The van der Waals surface area contributed by atoms with Gasteiger partial charge in [0.25, 0.3) is 0 Å². The second-order valence-corrected chi connectivity index (χ2v) is 7.81. The molecule has 1 fully saturated rings. The molecule has 9 heteroatoms. The van der Waals surface area contributed by atoms with Crippen LogP contribution in [0.2, 0.25) is 0 Å². The van der Waals surface area contributed by atoms with Crippen LogP contribution in [0.15, 0.2) is 53.5 Å². The van der Waals surface area contributed by atoms with Crippen LogP contribution in [0.5, 0.6) is 5.75 Å². The summed E-state index contributed by atoms with van der Waals surface area (Å²) in [6.45, 7) is 2.04. The lowest BCUT2D eigenvalue weighted by atomic mass is 10.2. The maximum atomic E-state index is 12.7. The number of thioether (sulfide) groups is 1. The third kappa shape index (κ3) is 5.64. The van der Waals surface area contributed by atoms with Gasteiger partial charge >= 0.3 is 5.97 Å². The third-order valence-electron chi connectivity index (χ3n) is 4.52. The molecule has 0 radical (unpaired) electrons. The van der Waals surface area contributed by atoms with Crippen LogP contribution in [0.25, 0.3) is 0 Å². The molecule has 2 aromatic rings. The largest absolute Gasteiger partial charge is 0.497 e. The zero-order valence-electron chi connectivity index (χ0n) is 17.5. The highest BCUT2D eigenvalue weighted by molar-refractivity contribution is 8.15. The van der Waals surface area contributed by atoms with Crippen molar-refractivity contribution in [3.63, 3.8) is 0 Å². The van der Waals surface area contributed by atoms with E-state index in [2.05, 4.69) is 10.3 Å². The fourth-order valence-corrected chi connectivity index (χ4v) is 3.86. The lowest BCUT2D eigenvalue weighted by molar-refractivity contribution is -0.128. The van der Waals surface area contributed by atoms with Gasteiger partial charge in [-0.25, -0.2) is 9.79 Å². The SMILES string of the molecule is CCOC(=O)c1ccc(N=C2S[C@@H](C(=O)Nc3ccc(OC)cc3)CC(=O)N2C)cc1. The predicted molar refractivity (Wildman–Crippen MR) is 120 cm³/mol. The van der Waals surface area contributed by atoms with Gasteiger partial charge in [0, 0.05) is 19.2 Å². The number of ether oxygens (including phenoxy) is 2. The van der Waals surface area contributed by atoms with Gasteiger partial charge in [-0.3, -0.25) is 14.5 Å². The summed E-state index contributed by atoms with van der Waals surface area (Å²) in [6, 6.07) is 13.5. The van der Waals surface area contributed by atoms with E-state index in [0.29, 0.717) is 34.5 Å². The lowest BCUT2D eigenvalue weighted by Gasteiger charge is -2.28. The molecule has 0 saturated carbocycles. The monoisotopic (exact) mass is 441 g/mol. The van der Waals surface area contributed by atoms with Crippen LogP contribution in [-0.2, 0) is 14.3 Å². The molecule has 0 bridgehead atoms. The molecule has 0 unspecified atom stereocenters. The zero-order valence-corrected chi connectivity index (χ0v) is 18.3. The number of hydrogen-bond donors (Lipinski definition) is 1. The van der Waals surface area contributed by atoms with Crippen molar-refractivity contribution in [2.45, 2.75) is 18.6 Å². The average Bonchev–Trinajstić information content (AvgIpc) is 2.78. The van der Waals surface area contributed by atoms with Crippen LogP contribution < -0.4 is 10.1 Å². The maximum Gasteiger partial charge on any atom is 0.338 e. The minimum atomic E-state index is -0.608. The topological polar surface area (TPSA) is 97.3 Å². The van der Waals surface area contributed by atoms with E-state index < -0.39 is 11.2 Å². The van der Waals surface area contributed by atoms with Gasteiger partial charge < -0.3 is 14.8 Å². The summed E-state index contributed by atoms with van der Waals surface area (Å²) in [5, 5.41) is 2.63. The van der Waals surface area contributed by atoms with E-state index in [1.807, 2.05) is 0 Å². The molecule has 0 spiro atoms. The number of carbonyl (C=O) groups excluding carboxylic acids is 3. The Morgan fingerprint density at radius 1 is 1.16 bits per heavy atom. The van der Waals surface area contributed by atoms with Crippen molar-refractivity contribution in [2.75, 3.05) is 26.1 Å². The predicted octanol–water partition coefficient (Wildman–Crippen LogP) is 3.46. The number of nitrogens with one attached hydrogen (secondary N) is 1. The van der Waals surface area contributed by atoms with Gasteiger partial charge in [-0.15, -0.1) is 0 Å². The molecular weight excluding hydrogens is 418 g/mol. The lowest BCUT2D eigenvalue weighted by Crippen LogP contribution is -2.43. The molecule has 0 aromatic heterocycles. The number of hydrogen-bond acceptors (Lipinski definition) is 7. The molecule has 8 nitrogen and oxygen atoms in total. The Bertz CT molecular complexity index is 989. The number of anilines is 1. The van der Waals surface area contributed by atoms with Crippen molar-refractivity contribution in [3.8, 4) is 5.75 Å². The highest BCUT2D eigenvalue weighted by Crippen LogP contribution is 2.29. The maximum absolute atomic E-state index is 12.7. The fraction of sp³-hybridized carbons (Fsp3) is 0.273. The Kier molecular flexibility index (Phi) is 7.30. The fourth-order valence-electron chi connectivity index (χ4n) is 2.79. The van der Waals surface area contributed by atoms with E-state index in [4.69, 9.17) is 9.47 Å². The smallest absolute Gasteiger partial charge is 0.338 e. The van der Waals surface area contributed by atoms with Crippen LogP contribution in [-0.4, -0.2) is 53.9 Å². The van der Waals surface area contributed by atoms with Gasteiger partial charge in [0.2, 0.25) is 11.8 Å². The van der Waals surface area contributed by atoms with E-state index in [9.17, 15) is 14.4 Å². The first-order chi connectivity index (χ1) is 14.9. The number of amides is 2. The summed E-state index contributed by atoms with van der Waals surface area (Å²) in [5.74, 6) is -0.195. The van der Waals surface area contributed by atoms with E-state index >= 15 is 0 Å². The minimum absolute atomic E-state index is 0.0734. The molecule has 31 heavy (non-hydrogen) atoms. The molecule has 1 heterocycles. The normalized spacial score (nSPS) is 17.4. The molecule has 162 valence electrons. The highest BCUT2D eigenvalue weighted by Gasteiger charge is 2.34. The highest BCUT2D eigenvalue weighted by atomic mass is 32.2. The molecule has 2 aromatic carbocycles. The number of aliphatic imine (C=N–C) groups is 1. The average molecular weight is 442 g/mol. The molecule has 1 aliphatic heterocycles. The molecule has 1 N–H and O–H groups in total. The zero-order chi connectivity index (χ0) is 22.4. The van der Waals surface area contributed by atoms with Crippen molar-refractivity contribution >= 4 is 46.1 Å². The number of nitrogens with zero attached hydrogens (tertiary/aromatic N) is 2. The van der Waals surface area contributed by atoms with E-state index in [1.165, 1.54) is 16.7 Å². The van der Waals surface area contributed by atoms with Crippen molar-refractivity contribution in [1.29, 1.82) is 0 Å². The third-order valence-corrected chi connectivity index (χ3v) is 5.76. The molecular formula is C22H23N3O5S. The molecule has 3 rings (SSSR count). The van der Waals surface area contributed by atoms with Crippen molar-refractivity contribution in [2.24, 2.45) is 4.99 Å². The molecule has 1 atom stereocenters. The first kappa shape index (κ1) is 22.4. The summed E-state index contributed by atoms with van der Waals surface area (Å²) < 4.78 is 10.1. The Morgan fingerprint density at radius 3 is 2.45 bits per heavy atom. The van der Waals surface area contributed by atoms with Crippen molar-refractivity contribution in [3.05, 3.63) is 54.1 Å². The second kappa shape index (κ2) is 10.1. The van der Waals surface area contributed by atoms with Gasteiger partial charge in [-0.1, -0.05) is 11.8 Å². The molecule has 2 amide bonds. The first-order valence-corrected chi connectivity index (χ1v) is 10.5. The number of methoxy groups -OCH3 is 1. The van der Waals surface area contributed by atoms with E-state index in [-0.39, 0.29) is 18.2 Å². The Labute approximate surface area is 184 Å². The van der Waals surface area contributed by atoms with E-state index in [1.54, 1.807) is 69.6 Å². The summed E-state index contributed by atoms with van der Waals surface area (Å²) in [6.07, 6.45) is 0.0734. The van der Waals surface area contributed by atoms with Gasteiger partial charge in [-0.05, 0) is 55.5 Å². The molecule has 1 aliphatic rings. The minimum Gasteiger partial charge on any atom is -0.497 e. The number of benzene rings is 2. The van der Waals surface area contributed by atoms with Gasteiger partial charge in [-0.2, -0.15) is 0 Å². The van der Waals surface area contributed by atoms with Crippen LogP contribution in [0.4, 0.5) is 11.4 Å². The van der Waals surface area contributed by atoms with Crippen molar-refractivity contribution in [1.82, 2.24) is 4.90 Å². The number of amidine groups is 1. The molecule has 0 aliphatic carbocycles. The Hall–Kier alpha value is -3.33. The summed E-state index contributed by atoms with van der Waals surface area (Å²) in [4.78, 5) is 42.9. The van der Waals surface area contributed by atoms with Gasteiger partial charge in [0.05, 0.1) is 25.0 Å². The van der Waals surface area contributed by atoms with Crippen LogP contribution in [0.1, 0.15) is 23.7 Å². The Balaban J connectivity index is 1.72. The van der Waals surface area contributed by atoms with Crippen LogP contribution in [0.3, 0.4) is 0 Å². The standard InChI is InChI=1S/C22H23N3O5S/c1-4-30-21(28)14-5-7-16(8-6-14)24-22-25(2)19(26)13-18(31-22)20(27)23-15-9-11-17(29-3)12-10-15/h5-12,18H,4,13H2,1-3H3,(H,23,27)/t18-/m1/s1. The molecule has 1 saturated heterocycles. The second-order valence-electron chi connectivity index (χ2n) is 6.64. The summed E-state index contributed by atoms with van der Waals surface area (Å²) in [5.41, 5.74) is 1.60. The number of carbonyl (C=O) groups is 3. The quantitative estimate of drug-likeness (QED) is 0.690. The number of esters is 1. The first-order valence-electron chi connectivity index (χ1n) is 9.65. The summed E-state index contributed by atoms with van der Waals surface area (Å²) >= 11 is 1.22. The Morgan fingerprint density at radius 2 is 1.84 bits per heavy atom. The van der Waals surface area contributed by atoms with Gasteiger partial charge in [0.15, 0.2) is 5.17 Å².